The lowest BCUT2D eigenvalue weighted by molar-refractivity contribution is -0.137. The Hall–Kier alpha value is -1.75. The van der Waals surface area contributed by atoms with Gasteiger partial charge in [-0.05, 0) is 31.9 Å². The lowest BCUT2D eigenvalue weighted by atomic mass is 10.1. The SMILES string of the molecule is Cc1ccc(F)c(C(=O)CN2CCN(C(=O)C3CCCC3)CC2)c1. The second-order valence-corrected chi connectivity index (χ2v) is 6.99. The maximum absolute atomic E-state index is 13.8. The van der Waals surface area contributed by atoms with Crippen LogP contribution in [-0.2, 0) is 4.79 Å². The smallest absolute Gasteiger partial charge is 0.225 e. The van der Waals surface area contributed by atoms with E-state index in [0.29, 0.717) is 26.2 Å². The molecule has 1 aromatic carbocycles. The summed E-state index contributed by atoms with van der Waals surface area (Å²) in [4.78, 5) is 28.7. The van der Waals surface area contributed by atoms with Gasteiger partial charge in [-0.2, -0.15) is 0 Å². The van der Waals surface area contributed by atoms with E-state index in [-0.39, 0.29) is 29.7 Å². The normalized spacial score (nSPS) is 19.7. The number of benzene rings is 1. The maximum Gasteiger partial charge on any atom is 0.225 e. The van der Waals surface area contributed by atoms with E-state index in [4.69, 9.17) is 0 Å². The monoisotopic (exact) mass is 332 g/mol. The Morgan fingerprint density at radius 1 is 1.12 bits per heavy atom. The summed E-state index contributed by atoms with van der Waals surface area (Å²) in [6.07, 6.45) is 4.36. The molecular formula is C19H25FN2O2. The van der Waals surface area contributed by atoms with Gasteiger partial charge in [0.05, 0.1) is 12.1 Å². The van der Waals surface area contributed by atoms with Crippen LogP contribution < -0.4 is 0 Å². The minimum Gasteiger partial charge on any atom is -0.340 e. The summed E-state index contributed by atoms with van der Waals surface area (Å²) in [6.45, 7) is 4.75. The van der Waals surface area contributed by atoms with Crippen LogP contribution in [0.15, 0.2) is 18.2 Å². The number of Topliss-reactive ketones (excluding diaryl/α,β-unsaturated/α-hetero) is 1. The van der Waals surface area contributed by atoms with Crippen molar-refractivity contribution in [1.82, 2.24) is 9.80 Å². The summed E-state index contributed by atoms with van der Waals surface area (Å²) < 4.78 is 13.8. The van der Waals surface area contributed by atoms with Gasteiger partial charge in [0, 0.05) is 32.1 Å². The highest BCUT2D eigenvalue weighted by Crippen LogP contribution is 2.27. The highest BCUT2D eigenvalue weighted by Gasteiger charge is 2.30. The van der Waals surface area contributed by atoms with E-state index in [9.17, 15) is 14.0 Å². The van der Waals surface area contributed by atoms with Crippen LogP contribution in [0.4, 0.5) is 4.39 Å². The maximum atomic E-state index is 13.8. The van der Waals surface area contributed by atoms with Gasteiger partial charge < -0.3 is 4.90 Å². The van der Waals surface area contributed by atoms with Crippen molar-refractivity contribution in [2.24, 2.45) is 5.92 Å². The average Bonchev–Trinajstić information content (AvgIpc) is 3.11. The van der Waals surface area contributed by atoms with E-state index in [1.807, 2.05) is 16.7 Å². The van der Waals surface area contributed by atoms with Crippen LogP contribution in [-0.4, -0.2) is 54.2 Å². The van der Waals surface area contributed by atoms with Gasteiger partial charge in [0.25, 0.3) is 0 Å². The fourth-order valence-electron chi connectivity index (χ4n) is 3.70. The number of carbonyl (C=O) groups excluding carboxylic acids is 2. The summed E-state index contributed by atoms with van der Waals surface area (Å²) in [5.74, 6) is -0.157. The number of rotatable bonds is 4. The molecule has 24 heavy (non-hydrogen) atoms. The van der Waals surface area contributed by atoms with Gasteiger partial charge in [-0.15, -0.1) is 0 Å². The topological polar surface area (TPSA) is 40.6 Å². The Morgan fingerprint density at radius 2 is 1.79 bits per heavy atom. The third-order valence-electron chi connectivity index (χ3n) is 5.18. The van der Waals surface area contributed by atoms with E-state index in [1.54, 1.807) is 12.1 Å². The number of halogens is 1. The zero-order valence-corrected chi connectivity index (χ0v) is 14.3. The molecule has 1 heterocycles. The quantitative estimate of drug-likeness (QED) is 0.796. The number of aryl methyl sites for hydroxylation is 1. The third kappa shape index (κ3) is 3.83. The van der Waals surface area contributed by atoms with Crippen molar-refractivity contribution in [3.63, 3.8) is 0 Å². The van der Waals surface area contributed by atoms with E-state index in [1.165, 1.54) is 6.07 Å². The molecule has 1 saturated heterocycles. The zero-order valence-electron chi connectivity index (χ0n) is 14.3. The first-order chi connectivity index (χ1) is 11.5. The van der Waals surface area contributed by atoms with Crippen molar-refractivity contribution in [2.45, 2.75) is 32.6 Å². The molecule has 0 radical (unpaired) electrons. The van der Waals surface area contributed by atoms with Crippen LogP contribution in [0.2, 0.25) is 0 Å². The molecular weight excluding hydrogens is 307 g/mol. The van der Waals surface area contributed by atoms with Crippen molar-refractivity contribution in [3.05, 3.63) is 35.1 Å². The standard InChI is InChI=1S/C19H25FN2O2/c1-14-6-7-17(20)16(12-14)18(23)13-21-8-10-22(11-9-21)19(24)15-4-2-3-5-15/h6-7,12,15H,2-5,8-11,13H2,1H3. The Bertz CT molecular complexity index is 618. The second-order valence-electron chi connectivity index (χ2n) is 6.99. The molecule has 0 spiro atoms. The van der Waals surface area contributed by atoms with Gasteiger partial charge >= 0.3 is 0 Å². The van der Waals surface area contributed by atoms with Crippen LogP contribution in [0.3, 0.4) is 0 Å². The largest absolute Gasteiger partial charge is 0.340 e. The molecule has 1 aliphatic carbocycles. The number of carbonyl (C=O) groups is 2. The Labute approximate surface area is 142 Å². The average molecular weight is 332 g/mol. The Kier molecular flexibility index (Phi) is 5.29. The lowest BCUT2D eigenvalue weighted by Crippen LogP contribution is -2.51. The fourth-order valence-corrected chi connectivity index (χ4v) is 3.70. The molecule has 0 N–H and O–H groups in total. The Balaban J connectivity index is 1.52. The fraction of sp³-hybridized carbons (Fsp3) is 0.579. The summed E-state index contributed by atoms with van der Waals surface area (Å²) in [7, 11) is 0. The first-order valence-corrected chi connectivity index (χ1v) is 8.85. The molecule has 1 saturated carbocycles. The second kappa shape index (κ2) is 7.43. The molecule has 0 aromatic heterocycles. The molecule has 0 bridgehead atoms. The van der Waals surface area contributed by atoms with Crippen molar-refractivity contribution >= 4 is 11.7 Å². The molecule has 130 valence electrons. The zero-order chi connectivity index (χ0) is 17.1. The van der Waals surface area contributed by atoms with Crippen molar-refractivity contribution in [3.8, 4) is 0 Å². The van der Waals surface area contributed by atoms with Gasteiger partial charge in [-0.25, -0.2) is 4.39 Å². The van der Waals surface area contributed by atoms with E-state index >= 15 is 0 Å². The number of hydrogen-bond donors (Lipinski definition) is 0. The predicted molar refractivity (Wildman–Crippen MR) is 90.4 cm³/mol. The van der Waals surface area contributed by atoms with E-state index < -0.39 is 5.82 Å². The predicted octanol–water partition coefficient (Wildman–Crippen LogP) is 2.65. The van der Waals surface area contributed by atoms with Crippen LogP contribution >= 0.6 is 0 Å². The van der Waals surface area contributed by atoms with E-state index in [2.05, 4.69) is 0 Å². The summed E-state index contributed by atoms with van der Waals surface area (Å²) >= 11 is 0. The van der Waals surface area contributed by atoms with Gasteiger partial charge in [-0.1, -0.05) is 24.5 Å². The summed E-state index contributed by atoms with van der Waals surface area (Å²) in [5, 5.41) is 0. The number of amides is 1. The Morgan fingerprint density at radius 3 is 2.46 bits per heavy atom. The number of ketones is 1. The van der Waals surface area contributed by atoms with Gasteiger partial charge in [-0.3, -0.25) is 14.5 Å². The molecule has 4 nitrogen and oxygen atoms in total. The van der Waals surface area contributed by atoms with E-state index in [0.717, 1.165) is 31.2 Å². The lowest BCUT2D eigenvalue weighted by Gasteiger charge is -2.35. The first-order valence-electron chi connectivity index (χ1n) is 8.85. The summed E-state index contributed by atoms with van der Waals surface area (Å²) in [6, 6.07) is 4.62. The number of nitrogens with zero attached hydrogens (tertiary/aromatic N) is 2. The molecule has 0 unspecified atom stereocenters. The highest BCUT2D eigenvalue weighted by atomic mass is 19.1. The molecule has 3 rings (SSSR count). The number of piperazine rings is 1. The van der Waals surface area contributed by atoms with Crippen LogP contribution in [0.25, 0.3) is 0 Å². The molecule has 2 fully saturated rings. The van der Waals surface area contributed by atoms with Gasteiger partial charge in [0.1, 0.15) is 5.82 Å². The van der Waals surface area contributed by atoms with Crippen molar-refractivity contribution in [2.75, 3.05) is 32.7 Å². The summed E-state index contributed by atoms with van der Waals surface area (Å²) in [5.41, 5.74) is 1.05. The van der Waals surface area contributed by atoms with Crippen LogP contribution in [0.1, 0.15) is 41.6 Å². The van der Waals surface area contributed by atoms with Crippen LogP contribution in [0.5, 0.6) is 0 Å². The molecule has 1 aliphatic heterocycles. The molecule has 1 aromatic rings. The van der Waals surface area contributed by atoms with Crippen molar-refractivity contribution in [1.29, 1.82) is 0 Å². The number of hydrogen-bond acceptors (Lipinski definition) is 3. The minimum absolute atomic E-state index is 0.166. The van der Waals surface area contributed by atoms with Gasteiger partial charge in [0.2, 0.25) is 5.91 Å². The molecule has 2 aliphatic rings. The van der Waals surface area contributed by atoms with Gasteiger partial charge in [0.15, 0.2) is 5.78 Å². The molecule has 1 amide bonds. The highest BCUT2D eigenvalue weighted by molar-refractivity contribution is 5.98. The first kappa shape index (κ1) is 17.1. The van der Waals surface area contributed by atoms with Crippen LogP contribution in [0, 0.1) is 18.7 Å². The molecule has 5 heteroatoms. The third-order valence-corrected chi connectivity index (χ3v) is 5.18. The minimum atomic E-state index is -0.458. The van der Waals surface area contributed by atoms with Crippen molar-refractivity contribution < 1.29 is 14.0 Å². The molecule has 0 atom stereocenters.